The highest BCUT2D eigenvalue weighted by Gasteiger charge is 2.45. The lowest BCUT2D eigenvalue weighted by atomic mass is 9.83. The van der Waals surface area contributed by atoms with Crippen LogP contribution in [0.4, 0.5) is 4.79 Å². The summed E-state index contributed by atoms with van der Waals surface area (Å²) in [6.45, 7) is 18.5. The van der Waals surface area contributed by atoms with Gasteiger partial charge in [-0.3, -0.25) is 14.1 Å². The maximum Gasteiger partial charge on any atom is 0.199 e. The number of nitrogens with zero attached hydrogens (tertiary/aromatic N) is 2. The Kier molecular flexibility index (Phi) is 5.95. The molecule has 0 aromatic carbocycles. The predicted octanol–water partition coefficient (Wildman–Crippen LogP) is 6.38. The molecule has 2 saturated heterocycles. The lowest BCUT2D eigenvalue weighted by Crippen LogP contribution is -2.55. The molecule has 2 aliphatic heterocycles. The lowest BCUT2D eigenvalue weighted by Gasteiger charge is -2.54. The number of carbonyl (C=O) groups excluding carboxylic acids is 1. The van der Waals surface area contributed by atoms with Gasteiger partial charge >= 0.3 is 0 Å². The second-order valence-electron chi connectivity index (χ2n) is 10.2. The third-order valence-electron chi connectivity index (χ3n) is 6.00. The smallest absolute Gasteiger partial charge is 0.199 e. The first kappa shape index (κ1) is 20.8. The van der Waals surface area contributed by atoms with E-state index in [4.69, 9.17) is 0 Å². The van der Waals surface area contributed by atoms with Crippen LogP contribution in [0, 0.1) is 0 Å². The predicted molar refractivity (Wildman–Crippen MR) is 110 cm³/mol. The first-order valence-electron chi connectivity index (χ1n) is 9.46. The SMILES string of the molecule is CC1(C)CCCC(C)(C)N1PC(=O)PN1C(C)(C)CCCC1(C)C. The van der Waals surface area contributed by atoms with Crippen molar-refractivity contribution in [2.75, 3.05) is 0 Å². The van der Waals surface area contributed by atoms with E-state index in [1.165, 1.54) is 38.5 Å². The van der Waals surface area contributed by atoms with Crippen molar-refractivity contribution in [3.8, 4) is 0 Å². The van der Waals surface area contributed by atoms with Gasteiger partial charge in [-0.1, -0.05) is 0 Å². The zero-order valence-corrected chi connectivity index (χ0v) is 19.0. The molecular weight excluding hydrogens is 334 g/mol. The van der Waals surface area contributed by atoms with Crippen molar-refractivity contribution in [2.24, 2.45) is 0 Å². The Labute approximate surface area is 153 Å². The van der Waals surface area contributed by atoms with Gasteiger partial charge in [0, 0.05) is 39.6 Å². The summed E-state index contributed by atoms with van der Waals surface area (Å²) < 4.78 is 5.01. The van der Waals surface area contributed by atoms with Gasteiger partial charge in [0.15, 0.2) is 5.27 Å². The van der Waals surface area contributed by atoms with E-state index in [0.717, 1.165) is 0 Å². The molecule has 3 nitrogen and oxygen atoms in total. The normalized spacial score (nSPS) is 30.3. The highest BCUT2D eigenvalue weighted by molar-refractivity contribution is 7.83. The molecule has 24 heavy (non-hydrogen) atoms. The quantitative estimate of drug-likeness (QED) is 0.535. The molecule has 0 amide bonds. The van der Waals surface area contributed by atoms with Gasteiger partial charge in [0.2, 0.25) is 0 Å². The Morgan fingerprint density at radius 1 is 0.625 bits per heavy atom. The van der Waals surface area contributed by atoms with Crippen LogP contribution in [0.15, 0.2) is 0 Å². The van der Waals surface area contributed by atoms with Gasteiger partial charge in [-0.05, 0) is 93.9 Å². The van der Waals surface area contributed by atoms with E-state index in [2.05, 4.69) is 64.7 Å². The second-order valence-corrected chi connectivity index (χ2v) is 12.9. The van der Waals surface area contributed by atoms with Gasteiger partial charge in [-0.15, -0.1) is 0 Å². The number of carbonyl (C=O) groups is 1. The van der Waals surface area contributed by atoms with E-state index in [1.54, 1.807) is 0 Å². The number of hydrogen-bond acceptors (Lipinski definition) is 3. The highest BCUT2D eigenvalue weighted by atomic mass is 31.1. The molecule has 0 aliphatic carbocycles. The largest absolute Gasteiger partial charge is 0.287 e. The maximum absolute atomic E-state index is 13.1. The van der Waals surface area contributed by atoms with Crippen LogP contribution in [0.5, 0.6) is 0 Å². The van der Waals surface area contributed by atoms with Gasteiger partial charge in [0.05, 0.1) is 0 Å². The van der Waals surface area contributed by atoms with Crippen LogP contribution in [0.3, 0.4) is 0 Å². The Hall–Kier alpha value is 0.450. The number of hydrogen-bond donors (Lipinski definition) is 0. The molecule has 140 valence electrons. The fourth-order valence-corrected chi connectivity index (χ4v) is 7.76. The van der Waals surface area contributed by atoms with Crippen molar-refractivity contribution in [3.05, 3.63) is 0 Å². The summed E-state index contributed by atoms with van der Waals surface area (Å²) in [5.74, 6) is 0. The minimum absolute atomic E-state index is 0.132. The molecule has 2 unspecified atom stereocenters. The lowest BCUT2D eigenvalue weighted by molar-refractivity contribution is 0.0627. The second kappa shape index (κ2) is 6.88. The van der Waals surface area contributed by atoms with Crippen LogP contribution in [-0.4, -0.2) is 36.8 Å². The van der Waals surface area contributed by atoms with E-state index < -0.39 is 0 Å². The van der Waals surface area contributed by atoms with Gasteiger partial charge in [-0.2, -0.15) is 0 Å². The van der Waals surface area contributed by atoms with Crippen molar-refractivity contribution < 1.29 is 4.79 Å². The molecule has 2 rings (SSSR count). The molecule has 2 atom stereocenters. The molecular formula is C19H38N2OP2. The monoisotopic (exact) mass is 372 g/mol. The molecule has 2 heterocycles. The molecule has 0 aromatic rings. The van der Waals surface area contributed by atoms with Crippen molar-refractivity contribution in [1.29, 1.82) is 0 Å². The van der Waals surface area contributed by atoms with E-state index >= 15 is 0 Å². The Morgan fingerprint density at radius 3 is 1.12 bits per heavy atom. The molecule has 0 radical (unpaired) electrons. The van der Waals surface area contributed by atoms with E-state index in [0.29, 0.717) is 22.7 Å². The first-order valence-corrected chi connectivity index (χ1v) is 11.4. The average Bonchev–Trinajstić information content (AvgIpc) is 2.37. The molecule has 0 bridgehead atoms. The van der Waals surface area contributed by atoms with Crippen LogP contribution in [0.1, 0.15) is 93.9 Å². The molecule has 0 aromatic heterocycles. The minimum atomic E-state index is 0.132. The Bertz CT molecular complexity index is 412. The zero-order valence-electron chi connectivity index (χ0n) is 17.0. The zero-order chi connectivity index (χ0) is 18.4. The minimum Gasteiger partial charge on any atom is -0.287 e. The molecule has 2 fully saturated rings. The average molecular weight is 372 g/mol. The summed E-state index contributed by atoms with van der Waals surface area (Å²) >= 11 is 0. The number of rotatable bonds is 4. The standard InChI is InChI=1S/C19H38N2OP2/c1-16(2)11-9-12-17(3,4)20(16)23-15(22)24-21-18(5,6)13-10-14-19(21,7)8/h23-24H,9-14H2,1-8H3. The van der Waals surface area contributed by atoms with Crippen LogP contribution in [0.2, 0.25) is 0 Å². The van der Waals surface area contributed by atoms with Crippen LogP contribution < -0.4 is 0 Å². The third-order valence-corrected chi connectivity index (χ3v) is 9.95. The fourth-order valence-electron chi connectivity index (χ4n) is 4.83. The van der Waals surface area contributed by atoms with Gasteiger partial charge in [-0.25, -0.2) is 0 Å². The molecule has 0 spiro atoms. The number of piperidine rings is 2. The topological polar surface area (TPSA) is 23.6 Å². The fraction of sp³-hybridized carbons (Fsp3) is 0.947. The van der Waals surface area contributed by atoms with Crippen LogP contribution in [-0.2, 0) is 0 Å². The Balaban J connectivity index is 2.11. The highest BCUT2D eigenvalue weighted by Crippen LogP contribution is 2.52. The molecule has 2 aliphatic rings. The van der Waals surface area contributed by atoms with E-state index in [-0.39, 0.29) is 22.2 Å². The van der Waals surface area contributed by atoms with Gasteiger partial charge < -0.3 is 0 Å². The van der Waals surface area contributed by atoms with Gasteiger partial charge in [0.25, 0.3) is 0 Å². The summed E-state index contributed by atoms with van der Waals surface area (Å²) in [6, 6.07) is 0. The van der Waals surface area contributed by atoms with Crippen LogP contribution in [0.25, 0.3) is 0 Å². The van der Waals surface area contributed by atoms with E-state index in [9.17, 15) is 4.79 Å². The van der Waals surface area contributed by atoms with Crippen LogP contribution >= 0.6 is 17.5 Å². The van der Waals surface area contributed by atoms with Crippen molar-refractivity contribution in [1.82, 2.24) is 9.34 Å². The summed E-state index contributed by atoms with van der Waals surface area (Å²) in [5, 5.41) is 0.432. The summed E-state index contributed by atoms with van der Waals surface area (Å²) in [7, 11) is 0.599. The van der Waals surface area contributed by atoms with Crippen molar-refractivity contribution >= 4 is 22.7 Å². The summed E-state index contributed by atoms with van der Waals surface area (Å²) in [4.78, 5) is 13.1. The first-order chi connectivity index (χ1) is 10.8. The summed E-state index contributed by atoms with van der Waals surface area (Å²) in [6.07, 6.45) is 7.31. The van der Waals surface area contributed by atoms with E-state index in [1.807, 2.05) is 0 Å². The van der Waals surface area contributed by atoms with Crippen molar-refractivity contribution in [2.45, 2.75) is 116 Å². The Morgan fingerprint density at radius 2 is 0.875 bits per heavy atom. The maximum atomic E-state index is 13.1. The summed E-state index contributed by atoms with van der Waals surface area (Å²) in [5.41, 5.74) is 0.529. The molecule has 0 saturated carbocycles. The molecule has 5 heteroatoms. The van der Waals surface area contributed by atoms with Crippen molar-refractivity contribution in [3.63, 3.8) is 0 Å². The van der Waals surface area contributed by atoms with Gasteiger partial charge in [0.1, 0.15) is 0 Å². The molecule has 0 N–H and O–H groups in total. The third kappa shape index (κ3) is 4.40.